The molecule has 0 aliphatic heterocycles. The average Bonchev–Trinajstić information content (AvgIpc) is 2.05. The maximum absolute atomic E-state index is 8.73. The van der Waals surface area contributed by atoms with Gasteiger partial charge in [-0.1, -0.05) is 0 Å². The van der Waals surface area contributed by atoms with Crippen LogP contribution >= 0.6 is 0 Å². The highest BCUT2D eigenvalue weighted by molar-refractivity contribution is 5.31. The number of aromatic nitrogens is 1. The molecule has 1 aromatic heterocycles. The summed E-state index contributed by atoms with van der Waals surface area (Å²) in [6.45, 7) is 1.86. The molecular weight excluding hydrogens is 142 g/mol. The third-order valence-corrected chi connectivity index (χ3v) is 1.49. The van der Waals surface area contributed by atoms with Gasteiger partial charge in [-0.25, -0.2) is 0 Å². The molecule has 0 aromatic carbocycles. The van der Waals surface area contributed by atoms with Crippen molar-refractivity contribution >= 4 is 0 Å². The van der Waals surface area contributed by atoms with E-state index in [4.69, 9.17) is 9.84 Å². The van der Waals surface area contributed by atoms with E-state index in [2.05, 4.69) is 4.98 Å². The van der Waals surface area contributed by atoms with E-state index in [9.17, 15) is 0 Å². The van der Waals surface area contributed by atoms with E-state index < -0.39 is 0 Å². The van der Waals surface area contributed by atoms with Crippen molar-refractivity contribution in [3.8, 4) is 5.75 Å². The molecule has 3 heteroatoms. The van der Waals surface area contributed by atoms with Gasteiger partial charge < -0.3 is 9.84 Å². The summed E-state index contributed by atoms with van der Waals surface area (Å²) in [4.78, 5) is 3.98. The molecule has 0 atom stereocenters. The van der Waals surface area contributed by atoms with Crippen LogP contribution in [-0.2, 0) is 6.61 Å². The van der Waals surface area contributed by atoms with Crippen LogP contribution in [0.15, 0.2) is 12.3 Å². The Morgan fingerprint density at radius 3 is 2.91 bits per heavy atom. The molecule has 1 aromatic rings. The van der Waals surface area contributed by atoms with Crippen LogP contribution in [0.3, 0.4) is 0 Å². The van der Waals surface area contributed by atoms with E-state index in [0.29, 0.717) is 5.69 Å². The zero-order chi connectivity index (χ0) is 8.27. The first-order valence-corrected chi connectivity index (χ1v) is 3.38. The summed E-state index contributed by atoms with van der Waals surface area (Å²) < 4.78 is 5.04. The predicted octanol–water partition coefficient (Wildman–Crippen LogP) is 0.891. The topological polar surface area (TPSA) is 42.4 Å². The van der Waals surface area contributed by atoms with Crippen molar-refractivity contribution in [3.05, 3.63) is 23.5 Å². The van der Waals surface area contributed by atoms with Crippen molar-refractivity contribution in [2.24, 2.45) is 0 Å². The van der Waals surface area contributed by atoms with Crippen LogP contribution in [0.1, 0.15) is 11.3 Å². The van der Waals surface area contributed by atoms with Crippen LogP contribution in [0, 0.1) is 6.92 Å². The second-order valence-corrected chi connectivity index (χ2v) is 2.30. The molecule has 0 aliphatic rings. The number of methoxy groups -OCH3 is 1. The lowest BCUT2D eigenvalue weighted by Crippen LogP contribution is -1.93. The SMILES string of the molecule is COc1cc(CO)ncc1C. The minimum Gasteiger partial charge on any atom is -0.496 e. The first-order chi connectivity index (χ1) is 5.27. The molecule has 0 fully saturated rings. The zero-order valence-electron chi connectivity index (χ0n) is 6.66. The third kappa shape index (κ3) is 1.68. The standard InChI is InChI=1S/C8H11NO2/c1-6-4-9-7(5-10)3-8(6)11-2/h3-4,10H,5H2,1-2H3. The maximum atomic E-state index is 8.73. The number of hydrogen-bond acceptors (Lipinski definition) is 3. The van der Waals surface area contributed by atoms with Crippen molar-refractivity contribution in [2.75, 3.05) is 7.11 Å². The van der Waals surface area contributed by atoms with Crippen molar-refractivity contribution in [1.82, 2.24) is 4.98 Å². The number of hydrogen-bond donors (Lipinski definition) is 1. The van der Waals surface area contributed by atoms with Crippen LogP contribution in [0.5, 0.6) is 5.75 Å². The Balaban J connectivity index is 3.02. The number of pyridine rings is 1. The molecule has 0 unspecified atom stereocenters. The smallest absolute Gasteiger partial charge is 0.125 e. The maximum Gasteiger partial charge on any atom is 0.125 e. The number of rotatable bonds is 2. The van der Waals surface area contributed by atoms with Gasteiger partial charge in [-0.15, -0.1) is 0 Å². The van der Waals surface area contributed by atoms with Gasteiger partial charge in [-0.05, 0) is 6.92 Å². The summed E-state index contributed by atoms with van der Waals surface area (Å²) in [5.41, 5.74) is 1.61. The molecule has 0 amide bonds. The molecule has 1 heterocycles. The first-order valence-electron chi connectivity index (χ1n) is 3.38. The Morgan fingerprint density at radius 2 is 2.36 bits per heavy atom. The molecule has 1 N–H and O–H groups in total. The van der Waals surface area contributed by atoms with Gasteiger partial charge in [0.15, 0.2) is 0 Å². The van der Waals surface area contributed by atoms with Crippen molar-refractivity contribution in [2.45, 2.75) is 13.5 Å². The van der Waals surface area contributed by atoms with Crippen molar-refractivity contribution in [1.29, 1.82) is 0 Å². The summed E-state index contributed by atoms with van der Waals surface area (Å²) in [6.07, 6.45) is 1.68. The third-order valence-electron chi connectivity index (χ3n) is 1.49. The highest BCUT2D eigenvalue weighted by Gasteiger charge is 1.99. The highest BCUT2D eigenvalue weighted by Crippen LogP contribution is 2.16. The van der Waals surface area contributed by atoms with Crippen LogP contribution in [0.25, 0.3) is 0 Å². The van der Waals surface area contributed by atoms with E-state index in [1.54, 1.807) is 19.4 Å². The quantitative estimate of drug-likeness (QED) is 0.686. The van der Waals surface area contributed by atoms with Crippen LogP contribution in [0.4, 0.5) is 0 Å². The minimum atomic E-state index is -0.0450. The minimum absolute atomic E-state index is 0.0450. The van der Waals surface area contributed by atoms with E-state index in [1.165, 1.54) is 0 Å². The molecule has 60 valence electrons. The molecule has 0 saturated carbocycles. The Morgan fingerprint density at radius 1 is 1.64 bits per heavy atom. The van der Waals surface area contributed by atoms with Gasteiger partial charge in [-0.2, -0.15) is 0 Å². The molecule has 0 saturated heterocycles. The molecule has 0 bridgehead atoms. The molecule has 0 aliphatic carbocycles. The summed E-state index contributed by atoms with van der Waals surface area (Å²) in [5.74, 6) is 0.768. The van der Waals surface area contributed by atoms with Gasteiger partial charge >= 0.3 is 0 Å². The second kappa shape index (κ2) is 3.34. The van der Waals surface area contributed by atoms with Crippen LogP contribution in [0.2, 0.25) is 0 Å². The Kier molecular flexibility index (Phi) is 2.44. The number of nitrogens with zero attached hydrogens (tertiary/aromatic N) is 1. The molecular formula is C8H11NO2. The Bertz CT molecular complexity index is 248. The monoisotopic (exact) mass is 153 g/mol. The summed E-state index contributed by atoms with van der Waals surface area (Å²) >= 11 is 0. The van der Waals surface area contributed by atoms with Crippen molar-refractivity contribution < 1.29 is 9.84 Å². The summed E-state index contributed by atoms with van der Waals surface area (Å²) in [7, 11) is 1.60. The number of aryl methyl sites for hydroxylation is 1. The molecule has 3 nitrogen and oxygen atoms in total. The van der Waals surface area contributed by atoms with Gasteiger partial charge in [-0.3, -0.25) is 4.98 Å². The van der Waals surface area contributed by atoms with Crippen LogP contribution in [-0.4, -0.2) is 17.2 Å². The van der Waals surface area contributed by atoms with E-state index in [-0.39, 0.29) is 6.61 Å². The molecule has 1 rings (SSSR count). The number of aliphatic hydroxyl groups excluding tert-OH is 1. The molecule has 0 spiro atoms. The Labute approximate surface area is 65.7 Å². The number of aliphatic hydroxyl groups is 1. The lowest BCUT2D eigenvalue weighted by Gasteiger charge is -2.04. The fourth-order valence-corrected chi connectivity index (χ4v) is 0.852. The first kappa shape index (κ1) is 8.01. The second-order valence-electron chi connectivity index (χ2n) is 2.30. The normalized spacial score (nSPS) is 9.73. The highest BCUT2D eigenvalue weighted by atomic mass is 16.5. The van der Waals surface area contributed by atoms with Gasteiger partial charge in [0.25, 0.3) is 0 Å². The summed E-state index contributed by atoms with van der Waals surface area (Å²) in [6, 6.07) is 1.73. The predicted molar refractivity (Wildman–Crippen MR) is 41.4 cm³/mol. The van der Waals surface area contributed by atoms with Gasteiger partial charge in [0.2, 0.25) is 0 Å². The fourth-order valence-electron chi connectivity index (χ4n) is 0.852. The average molecular weight is 153 g/mol. The van der Waals surface area contributed by atoms with Gasteiger partial charge in [0.1, 0.15) is 5.75 Å². The van der Waals surface area contributed by atoms with Crippen LogP contribution < -0.4 is 4.74 Å². The lowest BCUT2D eigenvalue weighted by atomic mass is 10.2. The summed E-state index contributed by atoms with van der Waals surface area (Å²) in [5, 5.41) is 8.73. The van der Waals surface area contributed by atoms with Crippen molar-refractivity contribution in [3.63, 3.8) is 0 Å². The van der Waals surface area contributed by atoms with Gasteiger partial charge in [0, 0.05) is 17.8 Å². The van der Waals surface area contributed by atoms with E-state index in [1.807, 2.05) is 6.92 Å². The van der Waals surface area contributed by atoms with E-state index in [0.717, 1.165) is 11.3 Å². The van der Waals surface area contributed by atoms with Gasteiger partial charge in [0.05, 0.1) is 19.4 Å². The Hall–Kier alpha value is -1.09. The molecule has 11 heavy (non-hydrogen) atoms. The largest absolute Gasteiger partial charge is 0.496 e. The zero-order valence-corrected chi connectivity index (χ0v) is 6.66. The lowest BCUT2D eigenvalue weighted by molar-refractivity contribution is 0.276. The molecule has 0 radical (unpaired) electrons. The number of ether oxygens (including phenoxy) is 1. The van der Waals surface area contributed by atoms with E-state index >= 15 is 0 Å². The fraction of sp³-hybridized carbons (Fsp3) is 0.375.